The molecule has 0 aromatic rings. The molecular formula is CH8ClN5O4. The van der Waals surface area contributed by atoms with E-state index in [4.69, 9.17) is 41.8 Å². The third kappa shape index (κ3) is 49.0. The smallest absolute Gasteiger partial charge is 0.287 e. The molecule has 0 fully saturated rings. The van der Waals surface area contributed by atoms with Crippen LogP contribution >= 0.6 is 0 Å². The SMILES string of the molecule is NC(N)=[N+](N)N.[O-][Cl+3]([O-])([O-])[O-]. The maximum atomic E-state index is 8.49. The second-order valence-electron chi connectivity index (χ2n) is 1.21. The molecule has 0 aromatic heterocycles. The fourth-order valence-electron chi connectivity index (χ4n) is 0. The van der Waals surface area contributed by atoms with Gasteiger partial charge in [0.1, 0.15) is 0 Å². The van der Waals surface area contributed by atoms with Gasteiger partial charge in [0.05, 0.1) is 0 Å². The van der Waals surface area contributed by atoms with Crippen molar-refractivity contribution in [3.63, 3.8) is 0 Å². The van der Waals surface area contributed by atoms with E-state index < -0.39 is 10.2 Å². The van der Waals surface area contributed by atoms with E-state index in [0.717, 1.165) is 0 Å². The topological polar surface area (TPSA) is 199 Å². The lowest BCUT2D eigenvalue weighted by Gasteiger charge is -2.17. The molecule has 11 heavy (non-hydrogen) atoms. The molecule has 0 radical (unpaired) electrons. The van der Waals surface area contributed by atoms with Crippen LogP contribution in [-0.4, -0.2) is 10.8 Å². The summed E-state index contributed by atoms with van der Waals surface area (Å²) in [6, 6.07) is 0. The molecule has 0 bridgehead atoms. The van der Waals surface area contributed by atoms with E-state index in [2.05, 4.69) is 0 Å². The minimum Gasteiger partial charge on any atom is -0.287 e. The molecule has 0 aromatic carbocycles. The van der Waals surface area contributed by atoms with Crippen LogP contribution in [0.4, 0.5) is 0 Å². The van der Waals surface area contributed by atoms with Crippen LogP contribution < -0.4 is 41.8 Å². The minimum atomic E-state index is -4.94. The van der Waals surface area contributed by atoms with Gasteiger partial charge in [-0.05, 0) is 0 Å². The third-order valence-corrected chi connectivity index (χ3v) is 0.298. The monoisotopic (exact) mass is 189 g/mol. The average Bonchev–Trinajstić information content (AvgIpc) is 1.59. The van der Waals surface area contributed by atoms with E-state index >= 15 is 0 Å². The Hall–Kier alpha value is -1.00. The molecular weight excluding hydrogens is 181 g/mol. The maximum Gasteiger partial charge on any atom is 0.385 e. The van der Waals surface area contributed by atoms with Crippen molar-refractivity contribution in [1.82, 2.24) is 0 Å². The van der Waals surface area contributed by atoms with Crippen LogP contribution in [0.15, 0.2) is 0 Å². The van der Waals surface area contributed by atoms with Crippen LogP contribution in [0.3, 0.4) is 0 Å². The minimum absolute atomic E-state index is 0.102. The largest absolute Gasteiger partial charge is 0.385 e. The van der Waals surface area contributed by atoms with Crippen LogP contribution in [0, 0.1) is 10.2 Å². The lowest BCUT2D eigenvalue weighted by Crippen LogP contribution is -2.68. The van der Waals surface area contributed by atoms with E-state index in [1.54, 1.807) is 0 Å². The zero-order chi connectivity index (χ0) is 9.65. The Labute approximate surface area is 63.8 Å². The van der Waals surface area contributed by atoms with Crippen LogP contribution in [0.25, 0.3) is 0 Å². The molecule has 0 aliphatic heterocycles. The van der Waals surface area contributed by atoms with E-state index in [1.165, 1.54) is 0 Å². The fraction of sp³-hybridized carbons (Fsp3) is 0. The summed E-state index contributed by atoms with van der Waals surface area (Å²) >= 11 is 0. The molecule has 0 aliphatic rings. The van der Waals surface area contributed by atoms with Crippen molar-refractivity contribution in [2.45, 2.75) is 0 Å². The molecule has 0 amide bonds. The molecule has 0 rings (SSSR count). The summed E-state index contributed by atoms with van der Waals surface area (Å²) in [7, 11) is -4.94. The summed E-state index contributed by atoms with van der Waals surface area (Å²) < 4.78 is 34.0. The third-order valence-electron chi connectivity index (χ3n) is 0.298. The van der Waals surface area contributed by atoms with Crippen molar-refractivity contribution < 1.29 is 33.7 Å². The number of rotatable bonds is 0. The van der Waals surface area contributed by atoms with Gasteiger partial charge in [0.25, 0.3) is 0 Å². The van der Waals surface area contributed by atoms with Gasteiger partial charge in [-0.2, -0.15) is 0 Å². The Morgan fingerprint density at radius 3 is 1.09 bits per heavy atom. The molecule has 9 nitrogen and oxygen atoms in total. The first-order valence-electron chi connectivity index (χ1n) is 1.93. The molecule has 0 saturated carbocycles. The van der Waals surface area contributed by atoms with Crippen molar-refractivity contribution in [3.05, 3.63) is 0 Å². The number of nitrogens with zero attached hydrogens (tertiary/aromatic N) is 1. The van der Waals surface area contributed by atoms with Crippen molar-refractivity contribution in [1.29, 1.82) is 0 Å². The zero-order valence-electron chi connectivity index (χ0n) is 5.27. The van der Waals surface area contributed by atoms with Gasteiger partial charge in [0, 0.05) is 0 Å². The lowest BCUT2D eigenvalue weighted by atomic mass is 11.1. The van der Waals surface area contributed by atoms with Gasteiger partial charge in [-0.1, -0.05) is 4.79 Å². The molecule has 0 aliphatic carbocycles. The predicted octanol–water partition coefficient (Wildman–Crippen LogP) is -7.74. The number of hydrazine groups is 2. The first-order chi connectivity index (χ1) is 4.64. The van der Waals surface area contributed by atoms with Gasteiger partial charge in [0.15, 0.2) is 0 Å². The Morgan fingerprint density at radius 1 is 1.00 bits per heavy atom. The van der Waals surface area contributed by atoms with E-state index in [1.807, 2.05) is 0 Å². The highest BCUT2D eigenvalue weighted by molar-refractivity contribution is 5.69. The normalized spacial score (nSPS) is 9.45. The molecule has 8 N–H and O–H groups in total. The van der Waals surface area contributed by atoms with Crippen LogP contribution in [-0.2, 0) is 0 Å². The quantitative estimate of drug-likeness (QED) is 0.0945. The van der Waals surface area contributed by atoms with Gasteiger partial charge in [-0.25, -0.2) is 18.6 Å². The Balaban J connectivity index is 0. The van der Waals surface area contributed by atoms with Crippen molar-refractivity contribution >= 4 is 5.96 Å². The fourth-order valence-corrected chi connectivity index (χ4v) is 0. The molecule has 0 spiro atoms. The van der Waals surface area contributed by atoms with Crippen molar-refractivity contribution in [2.75, 3.05) is 0 Å². The summed E-state index contributed by atoms with van der Waals surface area (Å²) in [6.07, 6.45) is 0. The van der Waals surface area contributed by atoms with Gasteiger partial charge in [-0.3, -0.25) is 23.2 Å². The summed E-state index contributed by atoms with van der Waals surface area (Å²) in [5.74, 6) is 9.42. The number of hydrogen-bond acceptors (Lipinski definition) is 6. The van der Waals surface area contributed by atoms with E-state index in [9.17, 15) is 0 Å². The van der Waals surface area contributed by atoms with Gasteiger partial charge in [0.2, 0.25) is 0 Å². The van der Waals surface area contributed by atoms with Gasteiger partial charge < -0.3 is 0 Å². The standard InChI is InChI=1S/CH7N5.ClHO4/c2-1(3)6(4)5;2-1(3,4)5/h4-5H2,(H3,2,3);(H,2,3,4,5). The zero-order valence-corrected chi connectivity index (χ0v) is 6.02. The van der Waals surface area contributed by atoms with Gasteiger partial charge >= 0.3 is 5.96 Å². The number of hydrazone groups is 2. The molecule has 68 valence electrons. The van der Waals surface area contributed by atoms with Crippen LogP contribution in [0.2, 0.25) is 0 Å². The predicted molar refractivity (Wildman–Crippen MR) is 22.0 cm³/mol. The van der Waals surface area contributed by atoms with Crippen LogP contribution in [0.5, 0.6) is 0 Å². The van der Waals surface area contributed by atoms with Crippen molar-refractivity contribution in [3.8, 4) is 0 Å². The highest BCUT2D eigenvalue weighted by atomic mass is 35.7. The molecule has 0 atom stereocenters. The molecule has 0 saturated heterocycles. The second kappa shape index (κ2) is 4.76. The number of nitrogens with two attached hydrogens (primary N) is 4. The maximum absolute atomic E-state index is 8.49. The number of guanidine groups is 1. The Bertz CT molecular complexity index is 116. The lowest BCUT2D eigenvalue weighted by molar-refractivity contribution is -2.00. The number of hydrogen-bond donors (Lipinski definition) is 4. The summed E-state index contributed by atoms with van der Waals surface area (Å²) in [5.41, 5.74) is 9.61. The molecule has 0 heterocycles. The summed E-state index contributed by atoms with van der Waals surface area (Å²) in [6.45, 7) is 0. The van der Waals surface area contributed by atoms with E-state index in [0.29, 0.717) is 4.79 Å². The second-order valence-corrected chi connectivity index (χ2v) is 1.97. The van der Waals surface area contributed by atoms with Crippen LogP contribution in [0.1, 0.15) is 0 Å². The summed E-state index contributed by atoms with van der Waals surface area (Å²) in [5, 5.41) is 0. The number of halogens is 1. The molecule has 10 heteroatoms. The highest BCUT2D eigenvalue weighted by Crippen LogP contribution is 1.49. The highest BCUT2D eigenvalue weighted by Gasteiger charge is 1.84. The van der Waals surface area contributed by atoms with E-state index in [-0.39, 0.29) is 5.96 Å². The first-order valence-corrected chi connectivity index (χ1v) is 3.17. The Morgan fingerprint density at radius 2 is 1.09 bits per heavy atom. The van der Waals surface area contributed by atoms with Gasteiger partial charge in [-0.15, -0.1) is 10.2 Å². The molecule has 0 unspecified atom stereocenters. The summed E-state index contributed by atoms with van der Waals surface area (Å²) in [4.78, 5) is 0.639. The average molecular weight is 190 g/mol. The van der Waals surface area contributed by atoms with Crippen molar-refractivity contribution in [2.24, 2.45) is 23.2 Å². The first kappa shape index (κ1) is 12.7. The Kier molecular flexibility index (Phi) is 5.48.